The first-order valence-corrected chi connectivity index (χ1v) is 10.1. The molecule has 0 atom stereocenters. The Labute approximate surface area is 163 Å². The van der Waals surface area contributed by atoms with Crippen molar-refractivity contribution in [2.24, 2.45) is 0 Å². The second-order valence-electron chi connectivity index (χ2n) is 6.36. The second kappa shape index (κ2) is 9.26. The average molecular weight is 391 g/mol. The van der Waals surface area contributed by atoms with Crippen LogP contribution in [0.2, 0.25) is 5.02 Å². The summed E-state index contributed by atoms with van der Waals surface area (Å²) in [7, 11) is 2.13. The van der Waals surface area contributed by atoms with E-state index < -0.39 is 0 Å². The van der Waals surface area contributed by atoms with Crippen molar-refractivity contribution in [3.8, 4) is 0 Å². The van der Waals surface area contributed by atoms with E-state index in [-0.39, 0.29) is 5.91 Å². The summed E-state index contributed by atoms with van der Waals surface area (Å²) in [5.74, 6) is 2.14. The number of rotatable bonds is 6. The van der Waals surface area contributed by atoms with Crippen molar-refractivity contribution in [3.05, 3.63) is 53.2 Å². The van der Waals surface area contributed by atoms with Crippen LogP contribution in [0.5, 0.6) is 0 Å². The highest BCUT2D eigenvalue weighted by molar-refractivity contribution is 7.99. The number of carbonyl (C=O) groups excluding carboxylic acids is 1. The minimum absolute atomic E-state index is 0.0156. The molecule has 2 heterocycles. The summed E-state index contributed by atoms with van der Waals surface area (Å²) in [6, 6.07) is 11.6. The van der Waals surface area contributed by atoms with Crippen LogP contribution in [-0.4, -0.2) is 54.8 Å². The third kappa shape index (κ3) is 5.62. The number of halogens is 1. The molecule has 1 N–H and O–H groups in total. The number of likely N-dealkylation sites (N-methyl/N-ethyl adjacent to an activating group) is 1. The van der Waals surface area contributed by atoms with Crippen LogP contribution in [-0.2, 0) is 10.5 Å². The van der Waals surface area contributed by atoms with E-state index in [1.807, 2.05) is 36.4 Å². The van der Waals surface area contributed by atoms with Crippen LogP contribution < -0.4 is 10.2 Å². The van der Waals surface area contributed by atoms with Gasteiger partial charge in [-0.3, -0.25) is 4.79 Å². The molecular weight excluding hydrogens is 368 g/mol. The molecule has 3 rings (SSSR count). The van der Waals surface area contributed by atoms with E-state index in [0.717, 1.165) is 54.0 Å². The minimum Gasteiger partial charge on any atom is -0.354 e. The molecule has 0 unspecified atom stereocenters. The molecule has 1 saturated heterocycles. The van der Waals surface area contributed by atoms with Gasteiger partial charge in [0.05, 0.1) is 17.6 Å². The third-order valence-electron chi connectivity index (χ3n) is 4.27. The molecular formula is C19H23ClN4OS. The minimum atomic E-state index is -0.0156. The highest BCUT2D eigenvalue weighted by Gasteiger charge is 2.15. The Kier molecular flexibility index (Phi) is 6.77. The van der Waals surface area contributed by atoms with Gasteiger partial charge in [0.15, 0.2) is 0 Å². The molecule has 7 heteroatoms. The number of pyridine rings is 1. The Balaban J connectivity index is 1.43. The Morgan fingerprint density at radius 1 is 1.15 bits per heavy atom. The van der Waals surface area contributed by atoms with Gasteiger partial charge in [0, 0.05) is 37.0 Å². The first-order chi connectivity index (χ1) is 12.6. The molecule has 1 aliphatic rings. The lowest BCUT2D eigenvalue weighted by Crippen LogP contribution is -2.44. The fourth-order valence-electron chi connectivity index (χ4n) is 2.72. The molecule has 2 aromatic rings. The number of nitrogens with one attached hydrogen (secondary N) is 1. The van der Waals surface area contributed by atoms with E-state index in [1.54, 1.807) is 18.0 Å². The number of nitrogens with zero attached hydrogens (tertiary/aromatic N) is 3. The van der Waals surface area contributed by atoms with E-state index in [1.165, 1.54) is 0 Å². The van der Waals surface area contributed by atoms with Gasteiger partial charge in [0.25, 0.3) is 0 Å². The number of anilines is 2. The zero-order chi connectivity index (χ0) is 18.4. The standard InChI is InChI=1S/C19H23ClN4OS/c1-23-8-10-24(11-9-23)18-7-6-17(12-21-18)22-19(25)14-26-13-15-2-4-16(20)5-3-15/h2-7,12H,8-11,13-14H2,1H3,(H,22,25). The van der Waals surface area contributed by atoms with Gasteiger partial charge in [0.1, 0.15) is 5.82 Å². The van der Waals surface area contributed by atoms with Crippen LogP contribution in [0, 0.1) is 0 Å². The molecule has 1 fully saturated rings. The summed E-state index contributed by atoms with van der Waals surface area (Å²) < 4.78 is 0. The maximum absolute atomic E-state index is 12.1. The molecule has 1 aliphatic heterocycles. The maximum Gasteiger partial charge on any atom is 0.234 e. The fraction of sp³-hybridized carbons (Fsp3) is 0.368. The van der Waals surface area contributed by atoms with Crippen molar-refractivity contribution in [2.75, 3.05) is 49.2 Å². The van der Waals surface area contributed by atoms with Crippen LogP contribution in [0.1, 0.15) is 5.56 Å². The van der Waals surface area contributed by atoms with E-state index in [9.17, 15) is 4.79 Å². The predicted molar refractivity (Wildman–Crippen MR) is 110 cm³/mol. The van der Waals surface area contributed by atoms with Crippen LogP contribution in [0.15, 0.2) is 42.6 Å². The largest absolute Gasteiger partial charge is 0.354 e. The molecule has 0 saturated carbocycles. The number of thioether (sulfide) groups is 1. The van der Waals surface area contributed by atoms with Gasteiger partial charge in [-0.1, -0.05) is 23.7 Å². The number of aromatic nitrogens is 1. The lowest BCUT2D eigenvalue weighted by molar-refractivity contribution is -0.113. The van der Waals surface area contributed by atoms with E-state index in [4.69, 9.17) is 11.6 Å². The lowest BCUT2D eigenvalue weighted by atomic mass is 10.2. The van der Waals surface area contributed by atoms with E-state index in [0.29, 0.717) is 5.75 Å². The monoisotopic (exact) mass is 390 g/mol. The molecule has 1 amide bonds. The number of benzene rings is 1. The maximum atomic E-state index is 12.1. The molecule has 138 valence electrons. The molecule has 1 aromatic carbocycles. The molecule has 26 heavy (non-hydrogen) atoms. The number of hydrogen-bond donors (Lipinski definition) is 1. The zero-order valence-corrected chi connectivity index (χ0v) is 16.4. The molecule has 0 radical (unpaired) electrons. The lowest BCUT2D eigenvalue weighted by Gasteiger charge is -2.33. The van der Waals surface area contributed by atoms with Gasteiger partial charge in [-0.2, -0.15) is 0 Å². The normalized spacial score (nSPS) is 15.1. The van der Waals surface area contributed by atoms with Gasteiger partial charge in [-0.05, 0) is 36.9 Å². The molecule has 0 aliphatic carbocycles. The zero-order valence-electron chi connectivity index (χ0n) is 14.8. The number of piperazine rings is 1. The Morgan fingerprint density at radius 2 is 1.88 bits per heavy atom. The highest BCUT2D eigenvalue weighted by atomic mass is 35.5. The van der Waals surface area contributed by atoms with E-state index in [2.05, 4.69) is 27.1 Å². The van der Waals surface area contributed by atoms with Crippen molar-refractivity contribution >= 4 is 40.8 Å². The van der Waals surface area contributed by atoms with Crippen LogP contribution in [0.25, 0.3) is 0 Å². The SMILES string of the molecule is CN1CCN(c2ccc(NC(=O)CSCc3ccc(Cl)cc3)cn2)CC1. The predicted octanol–water partition coefficient (Wildman–Crippen LogP) is 3.36. The topological polar surface area (TPSA) is 48.5 Å². The third-order valence-corrected chi connectivity index (χ3v) is 5.53. The summed E-state index contributed by atoms with van der Waals surface area (Å²) in [4.78, 5) is 21.2. The summed E-state index contributed by atoms with van der Waals surface area (Å²) in [6.07, 6.45) is 1.73. The first kappa shape index (κ1) is 19.0. The second-order valence-corrected chi connectivity index (χ2v) is 7.78. The van der Waals surface area contributed by atoms with Crippen LogP contribution in [0.3, 0.4) is 0 Å². The number of carbonyl (C=O) groups is 1. The van der Waals surface area contributed by atoms with Gasteiger partial charge in [-0.15, -0.1) is 11.8 Å². The molecule has 1 aromatic heterocycles. The number of amides is 1. The van der Waals surface area contributed by atoms with Crippen molar-refractivity contribution in [3.63, 3.8) is 0 Å². The Bertz CT molecular complexity index is 715. The molecule has 0 bridgehead atoms. The quantitative estimate of drug-likeness (QED) is 0.819. The van der Waals surface area contributed by atoms with Crippen molar-refractivity contribution in [1.29, 1.82) is 0 Å². The van der Waals surface area contributed by atoms with E-state index >= 15 is 0 Å². The van der Waals surface area contributed by atoms with Crippen molar-refractivity contribution < 1.29 is 4.79 Å². The first-order valence-electron chi connectivity index (χ1n) is 8.62. The molecule has 0 spiro atoms. The Hall–Kier alpha value is -1.76. The highest BCUT2D eigenvalue weighted by Crippen LogP contribution is 2.18. The van der Waals surface area contributed by atoms with Gasteiger partial charge < -0.3 is 15.1 Å². The summed E-state index contributed by atoms with van der Waals surface area (Å²) in [5, 5.41) is 3.63. The average Bonchev–Trinajstić information content (AvgIpc) is 2.65. The summed E-state index contributed by atoms with van der Waals surface area (Å²) in [5.41, 5.74) is 1.89. The molecule has 5 nitrogen and oxygen atoms in total. The van der Waals surface area contributed by atoms with Crippen LogP contribution >= 0.6 is 23.4 Å². The van der Waals surface area contributed by atoms with Gasteiger partial charge in [0.2, 0.25) is 5.91 Å². The summed E-state index contributed by atoms with van der Waals surface area (Å²) >= 11 is 7.45. The van der Waals surface area contributed by atoms with Crippen molar-refractivity contribution in [2.45, 2.75) is 5.75 Å². The van der Waals surface area contributed by atoms with Gasteiger partial charge >= 0.3 is 0 Å². The van der Waals surface area contributed by atoms with Gasteiger partial charge in [-0.25, -0.2) is 4.98 Å². The van der Waals surface area contributed by atoms with Crippen LogP contribution in [0.4, 0.5) is 11.5 Å². The fourth-order valence-corrected chi connectivity index (χ4v) is 3.64. The smallest absolute Gasteiger partial charge is 0.234 e. The number of hydrogen-bond acceptors (Lipinski definition) is 5. The Morgan fingerprint density at radius 3 is 2.54 bits per heavy atom. The van der Waals surface area contributed by atoms with Crippen molar-refractivity contribution in [1.82, 2.24) is 9.88 Å². The summed E-state index contributed by atoms with van der Waals surface area (Å²) in [6.45, 7) is 4.06.